The van der Waals surface area contributed by atoms with Gasteiger partial charge in [0.05, 0.1) is 6.20 Å². The minimum absolute atomic E-state index is 0.277. The summed E-state index contributed by atoms with van der Waals surface area (Å²) in [6, 6.07) is 2.00. The summed E-state index contributed by atoms with van der Waals surface area (Å²) in [5.41, 5.74) is 1.33. The second-order valence-corrected chi connectivity index (χ2v) is 4.55. The molecule has 0 spiro atoms. The van der Waals surface area contributed by atoms with E-state index < -0.39 is 0 Å². The van der Waals surface area contributed by atoms with Crippen LogP contribution in [-0.2, 0) is 0 Å². The number of aromatic nitrogens is 3. The quantitative estimate of drug-likeness (QED) is 0.857. The average molecular weight is 216 g/mol. The number of hydrogen-bond donors (Lipinski definition) is 1. The van der Waals surface area contributed by atoms with Gasteiger partial charge in [0.1, 0.15) is 5.52 Å². The van der Waals surface area contributed by atoms with Crippen molar-refractivity contribution in [1.29, 1.82) is 0 Å². The molecule has 3 rings (SSSR count). The summed E-state index contributed by atoms with van der Waals surface area (Å²) in [5.74, 6) is 0.960. The number of rotatable bonds is 3. The van der Waals surface area contributed by atoms with E-state index in [4.69, 9.17) is 0 Å². The van der Waals surface area contributed by atoms with E-state index in [0.717, 1.165) is 17.8 Å². The van der Waals surface area contributed by atoms with Crippen LogP contribution in [0.2, 0.25) is 0 Å². The van der Waals surface area contributed by atoms with Gasteiger partial charge >= 0.3 is 0 Å². The van der Waals surface area contributed by atoms with Crippen LogP contribution < -0.4 is 5.32 Å². The standard InChI is InChI=1S/C12H16N4/c1-2-12(5-3-6-12)15-11-10-4-7-14-16(10)9-8-13-11/h4,7-9H,2-3,5-6H2,1H3,(H,13,15). The molecular weight excluding hydrogens is 200 g/mol. The number of nitrogens with one attached hydrogen (secondary N) is 1. The van der Waals surface area contributed by atoms with Crippen molar-refractivity contribution in [3.63, 3.8) is 0 Å². The Labute approximate surface area is 94.7 Å². The van der Waals surface area contributed by atoms with Gasteiger partial charge in [0.2, 0.25) is 0 Å². The predicted molar refractivity (Wildman–Crippen MR) is 63.5 cm³/mol. The third kappa shape index (κ3) is 1.37. The van der Waals surface area contributed by atoms with Crippen molar-refractivity contribution >= 4 is 11.3 Å². The number of nitrogens with zero attached hydrogens (tertiary/aromatic N) is 3. The zero-order valence-electron chi connectivity index (χ0n) is 9.48. The summed E-state index contributed by atoms with van der Waals surface area (Å²) in [4.78, 5) is 4.42. The fourth-order valence-electron chi connectivity index (χ4n) is 2.38. The van der Waals surface area contributed by atoms with Crippen LogP contribution in [0.15, 0.2) is 24.7 Å². The Morgan fingerprint density at radius 1 is 1.44 bits per heavy atom. The second-order valence-electron chi connectivity index (χ2n) is 4.55. The Balaban J connectivity index is 1.96. The lowest BCUT2D eigenvalue weighted by Crippen LogP contribution is -2.44. The molecule has 1 aliphatic carbocycles. The molecule has 2 heterocycles. The highest BCUT2D eigenvalue weighted by Gasteiger charge is 2.35. The molecular formula is C12H16N4. The first-order chi connectivity index (χ1) is 7.83. The van der Waals surface area contributed by atoms with E-state index in [1.807, 2.05) is 23.0 Å². The van der Waals surface area contributed by atoms with Crippen LogP contribution in [0.5, 0.6) is 0 Å². The summed E-state index contributed by atoms with van der Waals surface area (Å²) >= 11 is 0. The summed E-state index contributed by atoms with van der Waals surface area (Å²) in [6.45, 7) is 2.24. The summed E-state index contributed by atoms with van der Waals surface area (Å²) in [5, 5.41) is 7.81. The van der Waals surface area contributed by atoms with E-state index in [9.17, 15) is 0 Å². The molecule has 1 fully saturated rings. The molecule has 1 N–H and O–H groups in total. The number of hydrogen-bond acceptors (Lipinski definition) is 3. The molecule has 0 aliphatic heterocycles. The average Bonchev–Trinajstić information content (AvgIpc) is 2.72. The Kier molecular flexibility index (Phi) is 2.09. The van der Waals surface area contributed by atoms with E-state index in [-0.39, 0.29) is 5.54 Å². The third-order valence-electron chi connectivity index (χ3n) is 3.70. The van der Waals surface area contributed by atoms with Crippen LogP contribution in [0.25, 0.3) is 5.52 Å². The van der Waals surface area contributed by atoms with Crippen molar-refractivity contribution in [1.82, 2.24) is 14.6 Å². The van der Waals surface area contributed by atoms with E-state index in [1.54, 1.807) is 6.20 Å². The first kappa shape index (κ1) is 9.63. The topological polar surface area (TPSA) is 42.2 Å². The van der Waals surface area contributed by atoms with Gasteiger partial charge in [-0.05, 0) is 31.7 Å². The summed E-state index contributed by atoms with van der Waals surface area (Å²) in [7, 11) is 0. The van der Waals surface area contributed by atoms with Crippen LogP contribution in [-0.4, -0.2) is 20.1 Å². The molecule has 1 aliphatic rings. The van der Waals surface area contributed by atoms with Crippen molar-refractivity contribution in [2.24, 2.45) is 0 Å². The molecule has 0 amide bonds. The van der Waals surface area contributed by atoms with Crippen molar-refractivity contribution in [3.8, 4) is 0 Å². The van der Waals surface area contributed by atoms with Crippen LogP contribution in [0, 0.1) is 0 Å². The SMILES string of the molecule is CCC1(Nc2nccn3nccc23)CCC1. The van der Waals surface area contributed by atoms with E-state index >= 15 is 0 Å². The van der Waals surface area contributed by atoms with Crippen molar-refractivity contribution in [3.05, 3.63) is 24.7 Å². The molecule has 4 nitrogen and oxygen atoms in total. The number of anilines is 1. The van der Waals surface area contributed by atoms with Crippen LogP contribution in [0.3, 0.4) is 0 Å². The van der Waals surface area contributed by atoms with E-state index in [0.29, 0.717) is 0 Å². The maximum Gasteiger partial charge on any atom is 0.152 e. The second kappa shape index (κ2) is 3.47. The lowest BCUT2D eigenvalue weighted by Gasteiger charge is -2.42. The Morgan fingerprint density at radius 2 is 2.31 bits per heavy atom. The minimum atomic E-state index is 0.277. The van der Waals surface area contributed by atoms with Gasteiger partial charge in [0, 0.05) is 17.9 Å². The highest BCUT2D eigenvalue weighted by Crippen LogP contribution is 2.38. The first-order valence-corrected chi connectivity index (χ1v) is 5.89. The van der Waals surface area contributed by atoms with Crippen LogP contribution in [0.4, 0.5) is 5.82 Å². The first-order valence-electron chi connectivity index (χ1n) is 5.89. The summed E-state index contributed by atoms with van der Waals surface area (Å²) < 4.78 is 1.86. The molecule has 2 aromatic rings. The molecule has 16 heavy (non-hydrogen) atoms. The van der Waals surface area contributed by atoms with Crippen molar-refractivity contribution in [2.75, 3.05) is 5.32 Å². The van der Waals surface area contributed by atoms with Gasteiger partial charge < -0.3 is 5.32 Å². The maximum absolute atomic E-state index is 4.42. The molecule has 0 bridgehead atoms. The van der Waals surface area contributed by atoms with Gasteiger partial charge in [-0.2, -0.15) is 5.10 Å². The Hall–Kier alpha value is -1.58. The maximum atomic E-state index is 4.42. The summed E-state index contributed by atoms with van der Waals surface area (Å²) in [6.07, 6.45) is 10.5. The lowest BCUT2D eigenvalue weighted by molar-refractivity contribution is 0.269. The Morgan fingerprint density at radius 3 is 3.00 bits per heavy atom. The lowest BCUT2D eigenvalue weighted by atomic mass is 9.75. The highest BCUT2D eigenvalue weighted by atomic mass is 15.2. The monoisotopic (exact) mass is 216 g/mol. The molecule has 0 unspecified atom stereocenters. The smallest absolute Gasteiger partial charge is 0.152 e. The fourth-order valence-corrected chi connectivity index (χ4v) is 2.38. The molecule has 0 radical (unpaired) electrons. The minimum Gasteiger partial charge on any atom is -0.363 e. The van der Waals surface area contributed by atoms with Gasteiger partial charge in [0.15, 0.2) is 5.82 Å². The molecule has 4 heteroatoms. The molecule has 2 aromatic heterocycles. The molecule has 0 atom stereocenters. The largest absolute Gasteiger partial charge is 0.363 e. The molecule has 0 aromatic carbocycles. The van der Waals surface area contributed by atoms with E-state index in [2.05, 4.69) is 22.3 Å². The fraction of sp³-hybridized carbons (Fsp3) is 0.500. The zero-order valence-corrected chi connectivity index (χ0v) is 9.48. The molecule has 84 valence electrons. The van der Waals surface area contributed by atoms with Crippen molar-refractivity contribution < 1.29 is 0 Å². The molecule has 0 saturated heterocycles. The zero-order chi connectivity index (χ0) is 11.0. The van der Waals surface area contributed by atoms with E-state index in [1.165, 1.54) is 19.3 Å². The molecule has 1 saturated carbocycles. The van der Waals surface area contributed by atoms with Gasteiger partial charge in [-0.15, -0.1) is 0 Å². The normalized spacial score (nSPS) is 18.3. The van der Waals surface area contributed by atoms with Crippen LogP contribution >= 0.6 is 0 Å². The number of fused-ring (bicyclic) bond motifs is 1. The van der Waals surface area contributed by atoms with Crippen molar-refractivity contribution in [2.45, 2.75) is 38.1 Å². The third-order valence-corrected chi connectivity index (χ3v) is 3.70. The van der Waals surface area contributed by atoms with Gasteiger partial charge in [-0.3, -0.25) is 0 Å². The van der Waals surface area contributed by atoms with Crippen LogP contribution in [0.1, 0.15) is 32.6 Å². The highest BCUT2D eigenvalue weighted by molar-refractivity contribution is 5.67. The van der Waals surface area contributed by atoms with Gasteiger partial charge in [-0.1, -0.05) is 6.92 Å². The predicted octanol–water partition coefficient (Wildman–Crippen LogP) is 2.47. The van der Waals surface area contributed by atoms with Gasteiger partial charge in [0.25, 0.3) is 0 Å². The van der Waals surface area contributed by atoms with Gasteiger partial charge in [-0.25, -0.2) is 9.50 Å². The Bertz CT molecular complexity index is 493.